The highest BCUT2D eigenvalue weighted by atomic mass is 32.2. The van der Waals surface area contributed by atoms with Gasteiger partial charge in [-0.1, -0.05) is 29.8 Å². The number of esters is 1. The second kappa shape index (κ2) is 9.09. The summed E-state index contributed by atoms with van der Waals surface area (Å²) < 4.78 is 4.96. The Bertz CT molecular complexity index is 531. The summed E-state index contributed by atoms with van der Waals surface area (Å²) in [5, 5.41) is 4.29. The average molecular weight is 324 g/mol. The Kier molecular flexibility index (Phi) is 7.45. The molecule has 0 aromatic heterocycles. The third-order valence-electron chi connectivity index (χ3n) is 2.75. The highest BCUT2D eigenvalue weighted by Crippen LogP contribution is 2.13. The average Bonchev–Trinajstić information content (AvgIpc) is 2.49. The minimum atomic E-state index is -1.01. The first-order chi connectivity index (χ1) is 10.4. The van der Waals surface area contributed by atoms with Gasteiger partial charge in [-0.05, 0) is 19.4 Å². The molecule has 1 aromatic rings. The Morgan fingerprint density at radius 3 is 2.45 bits per heavy atom. The summed E-state index contributed by atoms with van der Waals surface area (Å²) >= 11 is 1.41. The van der Waals surface area contributed by atoms with E-state index in [0.29, 0.717) is 5.75 Å². The molecule has 0 saturated carbocycles. The van der Waals surface area contributed by atoms with Crippen molar-refractivity contribution in [3.05, 3.63) is 35.4 Å². The fraction of sp³-hybridized carbons (Fsp3) is 0.400. The maximum absolute atomic E-state index is 11.6. The van der Waals surface area contributed by atoms with Gasteiger partial charge in [-0.25, -0.2) is 4.79 Å². The van der Waals surface area contributed by atoms with Crippen molar-refractivity contribution in [3.8, 4) is 0 Å². The van der Waals surface area contributed by atoms with Crippen LogP contribution in [0, 0.1) is 6.92 Å². The van der Waals surface area contributed by atoms with Crippen molar-refractivity contribution in [2.24, 2.45) is 0 Å². The molecule has 22 heavy (non-hydrogen) atoms. The van der Waals surface area contributed by atoms with Gasteiger partial charge in [-0.15, -0.1) is 11.8 Å². The van der Waals surface area contributed by atoms with Crippen LogP contribution in [0.3, 0.4) is 0 Å². The van der Waals surface area contributed by atoms with Gasteiger partial charge in [-0.2, -0.15) is 0 Å². The number of carbonyl (C=O) groups excluding carboxylic acids is 3. The van der Waals surface area contributed by atoms with E-state index in [0.717, 1.165) is 5.56 Å². The topological polar surface area (TPSA) is 84.5 Å². The van der Waals surface area contributed by atoms with Gasteiger partial charge >= 0.3 is 12.0 Å². The van der Waals surface area contributed by atoms with Crippen LogP contribution in [-0.2, 0) is 20.1 Å². The van der Waals surface area contributed by atoms with Crippen molar-refractivity contribution in [3.63, 3.8) is 0 Å². The predicted octanol–water partition coefficient (Wildman–Crippen LogP) is 1.62. The van der Waals surface area contributed by atoms with Crippen LogP contribution in [0.2, 0.25) is 0 Å². The molecule has 120 valence electrons. The number of hydrogen-bond donors (Lipinski definition) is 2. The van der Waals surface area contributed by atoms with E-state index in [2.05, 4.69) is 5.32 Å². The van der Waals surface area contributed by atoms with Gasteiger partial charge in [-0.3, -0.25) is 14.9 Å². The first-order valence-electron chi connectivity index (χ1n) is 6.77. The molecule has 2 N–H and O–H groups in total. The lowest BCUT2D eigenvalue weighted by Gasteiger charge is -2.12. The zero-order valence-electron chi connectivity index (χ0n) is 12.8. The standard InChI is InChI=1S/C15H20N2O4S/c1-10-4-6-12(7-5-10)8-22-9-13(18)21-11(2)14(19)17-15(20)16-3/h4-7,11H,8-9H2,1-3H3,(H2,16,17,19,20)/t11-/m1/s1. The minimum Gasteiger partial charge on any atom is -0.452 e. The fourth-order valence-electron chi connectivity index (χ4n) is 1.50. The summed E-state index contributed by atoms with van der Waals surface area (Å²) in [6, 6.07) is 7.40. The number of rotatable bonds is 6. The highest BCUT2D eigenvalue weighted by molar-refractivity contribution is 7.99. The van der Waals surface area contributed by atoms with Gasteiger partial charge in [0, 0.05) is 12.8 Å². The number of amides is 3. The predicted molar refractivity (Wildman–Crippen MR) is 85.5 cm³/mol. The normalized spacial score (nSPS) is 11.4. The van der Waals surface area contributed by atoms with Crippen LogP contribution in [-0.4, -0.2) is 36.8 Å². The molecule has 0 heterocycles. The summed E-state index contributed by atoms with van der Waals surface area (Å²) in [6.45, 7) is 3.43. The van der Waals surface area contributed by atoms with Crippen LogP contribution in [0.1, 0.15) is 18.1 Å². The summed E-state index contributed by atoms with van der Waals surface area (Å²) in [4.78, 5) is 34.1. The molecule has 7 heteroatoms. The number of nitrogens with one attached hydrogen (secondary N) is 2. The second-order valence-electron chi connectivity index (χ2n) is 4.68. The van der Waals surface area contributed by atoms with Crippen LogP contribution in [0.4, 0.5) is 4.79 Å². The number of urea groups is 1. The van der Waals surface area contributed by atoms with Crippen LogP contribution >= 0.6 is 11.8 Å². The van der Waals surface area contributed by atoms with Gasteiger partial charge < -0.3 is 10.1 Å². The Morgan fingerprint density at radius 1 is 1.23 bits per heavy atom. The third kappa shape index (κ3) is 6.62. The summed E-state index contributed by atoms with van der Waals surface area (Å²) in [5.74, 6) is -0.312. The minimum absolute atomic E-state index is 0.144. The molecule has 1 rings (SSSR count). The summed E-state index contributed by atoms with van der Waals surface area (Å²) in [6.07, 6.45) is -1.01. The number of imide groups is 1. The zero-order valence-corrected chi connectivity index (χ0v) is 13.7. The van der Waals surface area contributed by atoms with Gasteiger partial charge in [0.25, 0.3) is 5.91 Å². The monoisotopic (exact) mass is 324 g/mol. The van der Waals surface area contributed by atoms with Gasteiger partial charge in [0.1, 0.15) is 0 Å². The highest BCUT2D eigenvalue weighted by Gasteiger charge is 2.19. The molecule has 0 unspecified atom stereocenters. The number of hydrogen-bond acceptors (Lipinski definition) is 5. The SMILES string of the molecule is CNC(=O)NC(=O)[C@@H](C)OC(=O)CSCc1ccc(C)cc1. The molecule has 3 amide bonds. The molecule has 1 aromatic carbocycles. The van der Waals surface area contributed by atoms with Gasteiger partial charge in [0.05, 0.1) is 5.75 Å². The first-order valence-corrected chi connectivity index (χ1v) is 7.93. The van der Waals surface area contributed by atoms with Crippen LogP contribution in [0.25, 0.3) is 0 Å². The number of benzene rings is 1. The van der Waals surface area contributed by atoms with Crippen molar-refractivity contribution in [2.45, 2.75) is 25.7 Å². The Balaban J connectivity index is 2.29. The molecule has 0 saturated heterocycles. The Labute approximate surface area is 134 Å². The van der Waals surface area contributed by atoms with Crippen molar-refractivity contribution >= 4 is 29.7 Å². The summed E-state index contributed by atoms with van der Waals surface area (Å²) in [5.41, 5.74) is 2.30. The van der Waals surface area contributed by atoms with Crippen molar-refractivity contribution in [1.29, 1.82) is 0 Å². The maximum atomic E-state index is 11.6. The van der Waals surface area contributed by atoms with Crippen LogP contribution < -0.4 is 10.6 Å². The number of carbonyl (C=O) groups is 3. The van der Waals surface area contributed by atoms with E-state index in [1.807, 2.05) is 36.5 Å². The molecule has 0 aliphatic carbocycles. The van der Waals surface area contributed by atoms with E-state index in [4.69, 9.17) is 4.74 Å². The zero-order chi connectivity index (χ0) is 16.5. The Morgan fingerprint density at radius 2 is 1.86 bits per heavy atom. The number of ether oxygens (including phenoxy) is 1. The molecular weight excluding hydrogens is 304 g/mol. The molecule has 1 atom stereocenters. The van der Waals surface area contributed by atoms with E-state index in [9.17, 15) is 14.4 Å². The van der Waals surface area contributed by atoms with Gasteiger partial charge in [0.15, 0.2) is 6.10 Å². The van der Waals surface area contributed by atoms with Crippen molar-refractivity contribution in [1.82, 2.24) is 10.6 Å². The molecular formula is C15H20N2O4S. The van der Waals surface area contributed by atoms with E-state index >= 15 is 0 Å². The lowest BCUT2D eigenvalue weighted by molar-refractivity contribution is -0.151. The van der Waals surface area contributed by atoms with Crippen molar-refractivity contribution < 1.29 is 19.1 Å². The smallest absolute Gasteiger partial charge is 0.321 e. The molecule has 0 fully saturated rings. The van der Waals surface area contributed by atoms with E-state index in [1.54, 1.807) is 0 Å². The van der Waals surface area contributed by atoms with Crippen LogP contribution in [0.15, 0.2) is 24.3 Å². The van der Waals surface area contributed by atoms with Crippen LogP contribution in [0.5, 0.6) is 0 Å². The first kappa shape index (κ1) is 18.0. The van der Waals surface area contributed by atoms with E-state index in [-0.39, 0.29) is 5.75 Å². The number of thioether (sulfide) groups is 1. The number of aryl methyl sites for hydroxylation is 1. The molecule has 0 spiro atoms. The Hall–Kier alpha value is -2.02. The quantitative estimate of drug-likeness (QED) is 0.777. The van der Waals surface area contributed by atoms with E-state index in [1.165, 1.54) is 31.3 Å². The second-order valence-corrected chi connectivity index (χ2v) is 5.66. The van der Waals surface area contributed by atoms with Gasteiger partial charge in [0.2, 0.25) is 0 Å². The van der Waals surface area contributed by atoms with E-state index < -0.39 is 24.0 Å². The fourth-order valence-corrected chi connectivity index (χ4v) is 2.26. The lowest BCUT2D eigenvalue weighted by Crippen LogP contribution is -2.43. The lowest BCUT2D eigenvalue weighted by atomic mass is 10.2. The molecule has 0 aliphatic rings. The molecule has 0 bridgehead atoms. The molecule has 6 nitrogen and oxygen atoms in total. The van der Waals surface area contributed by atoms with Crippen molar-refractivity contribution in [2.75, 3.05) is 12.8 Å². The summed E-state index contributed by atoms with van der Waals surface area (Å²) in [7, 11) is 1.39. The molecule has 0 radical (unpaired) electrons. The third-order valence-corrected chi connectivity index (χ3v) is 3.73. The molecule has 0 aliphatic heterocycles. The maximum Gasteiger partial charge on any atom is 0.321 e. The largest absolute Gasteiger partial charge is 0.452 e.